The molecule has 1 aliphatic rings. The Morgan fingerprint density at radius 1 is 1.60 bits per heavy atom. The van der Waals surface area contributed by atoms with Crippen molar-refractivity contribution >= 4 is 13.6 Å². The molecule has 0 radical (unpaired) electrons. The smallest absolute Gasteiger partial charge is 0.390 e. The highest BCUT2D eigenvalue weighted by Crippen LogP contribution is 2.38. The predicted molar refractivity (Wildman–Crippen MR) is 65.4 cm³/mol. The van der Waals surface area contributed by atoms with Crippen LogP contribution in [-0.2, 0) is 13.8 Å². The second-order valence-corrected chi connectivity index (χ2v) is 5.50. The number of aliphatic hydroxyl groups is 1. The minimum absolute atomic E-state index is 0.0613. The molecule has 0 aromatic carbocycles. The molecule has 5 N–H and O–H groups in total. The first-order chi connectivity index (χ1) is 9.26. The molecule has 0 bridgehead atoms. The van der Waals surface area contributed by atoms with E-state index in [-0.39, 0.29) is 12.2 Å². The van der Waals surface area contributed by atoms with Gasteiger partial charge in [-0.2, -0.15) is 4.98 Å². The van der Waals surface area contributed by atoms with Gasteiger partial charge in [-0.05, 0) is 6.07 Å². The van der Waals surface area contributed by atoms with Crippen LogP contribution in [0.1, 0.15) is 12.6 Å². The van der Waals surface area contributed by atoms with Crippen LogP contribution in [0, 0.1) is 0 Å². The Balaban J connectivity index is 2.06. The topological polar surface area (TPSA) is 157 Å². The van der Waals surface area contributed by atoms with Crippen molar-refractivity contribution in [2.45, 2.75) is 24.9 Å². The zero-order valence-electron chi connectivity index (χ0n) is 10.2. The molecule has 20 heavy (non-hydrogen) atoms. The maximum Gasteiger partial charge on any atom is 0.469 e. The minimum atomic E-state index is -4.64. The monoisotopic (exact) mass is 319 g/mol. The molecule has 0 unspecified atom stereocenters. The Morgan fingerprint density at radius 3 is 2.90 bits per heavy atom. The highest BCUT2D eigenvalue weighted by Gasteiger charge is 2.36. The number of hydrogen-bond acceptors (Lipinski definition) is 7. The van der Waals surface area contributed by atoms with Gasteiger partial charge in [-0.15, -0.1) is 0 Å². The summed E-state index contributed by atoms with van der Waals surface area (Å²) in [7, 11) is -4.64. The molecule has 0 spiro atoms. The van der Waals surface area contributed by atoms with Crippen LogP contribution in [0.3, 0.4) is 0 Å². The second-order valence-electron chi connectivity index (χ2n) is 4.26. The Morgan fingerprint density at radius 2 is 2.30 bits per heavy atom. The van der Waals surface area contributed by atoms with E-state index >= 15 is 0 Å². The van der Waals surface area contributed by atoms with Crippen molar-refractivity contribution in [1.82, 2.24) is 9.55 Å². The highest BCUT2D eigenvalue weighted by molar-refractivity contribution is 7.46. The van der Waals surface area contributed by atoms with E-state index in [4.69, 9.17) is 20.3 Å². The van der Waals surface area contributed by atoms with Crippen molar-refractivity contribution in [3.8, 4) is 0 Å². The van der Waals surface area contributed by atoms with Gasteiger partial charge in [0.25, 0.3) is 0 Å². The number of nitrogen functional groups attached to an aromatic ring is 1. The van der Waals surface area contributed by atoms with E-state index in [9.17, 15) is 14.5 Å². The molecule has 1 saturated heterocycles. The fraction of sp³-hybridized carbons (Fsp3) is 0.556. The van der Waals surface area contributed by atoms with Crippen LogP contribution < -0.4 is 11.4 Å². The van der Waals surface area contributed by atoms with Gasteiger partial charge < -0.3 is 25.4 Å². The van der Waals surface area contributed by atoms with Crippen LogP contribution in [0.25, 0.3) is 0 Å². The van der Waals surface area contributed by atoms with Crippen molar-refractivity contribution in [3.05, 3.63) is 22.7 Å². The third kappa shape index (κ3) is 3.63. The summed E-state index contributed by atoms with van der Waals surface area (Å²) < 4.78 is 21.3. The normalized spacial score (nSPS) is 26.9. The molecule has 1 aromatic heterocycles. The molecule has 0 aliphatic carbocycles. The predicted octanol–water partition coefficient (Wildman–Crippen LogP) is -1.42. The first-order valence-electron chi connectivity index (χ1n) is 5.64. The standard InChI is InChI=1S/C9H14N3O7P/c10-7-1-2-12(9(14)11-7)8-3-5(13)6(19-8)4-18-20(15,16)17/h1-2,5-6,8,13H,3-4H2,(H2,10,11,14)(H2,15,16,17)/t5-,6-,8-/m1/s1/i1+1,2+1,3+1,4+1,5+1,6+1,7+1,8+1,9+1,10+1,11+1,12+1. The number of anilines is 1. The average molecular weight is 319 g/mol. The van der Waals surface area contributed by atoms with Crippen LogP contribution in [0.4, 0.5) is 5.82 Å². The van der Waals surface area contributed by atoms with Crippen LogP contribution in [0.5, 0.6) is 0 Å². The molecule has 112 valence electrons. The largest absolute Gasteiger partial charge is 0.469 e. The van der Waals surface area contributed by atoms with Gasteiger partial charge in [0.05, 0.1) is 12.7 Å². The minimum Gasteiger partial charge on any atom is -0.390 e. The maximum atomic E-state index is 11.6. The summed E-state index contributed by atoms with van der Waals surface area (Å²) in [5, 5.41) is 9.74. The van der Waals surface area contributed by atoms with Crippen LogP contribution in [-0.4, -0.2) is 43.3 Å². The molecule has 2 rings (SSSR count). The van der Waals surface area contributed by atoms with Gasteiger partial charge >= 0.3 is 13.5 Å². The average Bonchev–Trinajstić information content (AvgIpc) is 2.67. The SMILES string of the molecule is [15NH2][13c]1[13cH][13cH][15n]([13C@H]2[13CH2][13C@@H](O)[13C@@H]([13CH2]OP(=O)(O)O)O2)[13c](=O)[15n]1. The van der Waals surface area contributed by atoms with E-state index in [0.29, 0.717) is 0 Å². The lowest BCUT2D eigenvalue weighted by molar-refractivity contribution is -0.0450. The number of nitrogens with zero attached hydrogens (tertiary/aromatic N) is 2. The van der Waals surface area contributed by atoms with Gasteiger partial charge in [-0.1, -0.05) is 0 Å². The Bertz CT molecular complexity index is 585. The number of aliphatic hydroxyl groups excluding tert-OH is 1. The van der Waals surface area contributed by atoms with Gasteiger partial charge in [0.1, 0.15) is 18.1 Å². The van der Waals surface area contributed by atoms with Crippen LogP contribution in [0.2, 0.25) is 0 Å². The fourth-order valence-electron chi connectivity index (χ4n) is 1.85. The number of ether oxygens (including phenoxy) is 1. The van der Waals surface area contributed by atoms with Crippen LogP contribution >= 0.6 is 7.82 Å². The summed E-state index contributed by atoms with van der Waals surface area (Å²) in [6.07, 6.45) is -1.32. The van der Waals surface area contributed by atoms with Crippen LogP contribution in [0.15, 0.2) is 17.1 Å². The molecule has 0 amide bonds. The molecule has 10 nitrogen and oxygen atoms in total. The molecule has 1 aliphatic heterocycles. The number of aromatic nitrogens is 2. The molecular formula is C9H14N3O7P. The van der Waals surface area contributed by atoms with E-state index in [1.807, 2.05) is 0 Å². The number of phosphoric ester groups is 1. The maximum absolute atomic E-state index is 11.6. The number of rotatable bonds is 4. The summed E-state index contributed by atoms with van der Waals surface area (Å²) in [6.45, 7) is -0.487. The summed E-state index contributed by atoms with van der Waals surface area (Å²) in [6, 6.07) is 1.40. The summed E-state index contributed by atoms with van der Waals surface area (Å²) >= 11 is 0. The zero-order valence-corrected chi connectivity index (χ0v) is 11.1. The van der Waals surface area contributed by atoms with Crippen molar-refractivity contribution in [2.75, 3.05) is 12.3 Å². The number of nitrogens with two attached hydrogens (primary N) is 1. The third-order valence-electron chi connectivity index (χ3n) is 2.77. The first kappa shape index (κ1) is 15.1. The Kier molecular flexibility index (Phi) is 4.23. The van der Waals surface area contributed by atoms with E-state index in [1.54, 1.807) is 0 Å². The number of hydrogen-bond donors (Lipinski definition) is 4. The van der Waals surface area contributed by atoms with Crippen molar-refractivity contribution in [2.24, 2.45) is 0 Å². The first-order valence-corrected chi connectivity index (χ1v) is 7.17. The summed E-state index contributed by atoms with van der Waals surface area (Å²) in [4.78, 5) is 32.3. The number of phosphoric acid groups is 1. The fourth-order valence-corrected chi connectivity index (χ4v) is 2.19. The molecular weight excluding hydrogens is 305 g/mol. The lowest BCUT2D eigenvalue weighted by atomic mass is 11.1. The van der Waals surface area contributed by atoms with E-state index < -0.39 is 38.6 Å². The van der Waals surface area contributed by atoms with E-state index in [2.05, 4.69) is 9.51 Å². The third-order valence-corrected chi connectivity index (χ3v) is 3.26. The van der Waals surface area contributed by atoms with Gasteiger partial charge in [0.15, 0.2) is 0 Å². The quantitative estimate of drug-likeness (QED) is 0.297. The second kappa shape index (κ2) is 5.60. The highest BCUT2D eigenvalue weighted by atomic mass is 31.2. The van der Waals surface area contributed by atoms with Crippen molar-refractivity contribution in [1.29, 1.82) is 0 Å². The van der Waals surface area contributed by atoms with Gasteiger partial charge in [-0.25, -0.2) is 9.36 Å². The van der Waals surface area contributed by atoms with Gasteiger partial charge in [-0.3, -0.25) is 9.09 Å². The lowest BCUT2D eigenvalue weighted by Gasteiger charge is -2.16. The molecule has 0 saturated carbocycles. The van der Waals surface area contributed by atoms with Gasteiger partial charge in [0, 0.05) is 12.6 Å². The van der Waals surface area contributed by atoms with E-state index in [0.717, 1.165) is 4.57 Å². The van der Waals surface area contributed by atoms with Crippen molar-refractivity contribution in [3.63, 3.8) is 0 Å². The Hall–Kier alpha value is -1.29. The zero-order chi connectivity index (χ0) is 14.9. The van der Waals surface area contributed by atoms with Gasteiger partial charge in [0.2, 0.25) is 0 Å². The molecule has 1 fully saturated rings. The summed E-state index contributed by atoms with van der Waals surface area (Å²) in [5.74, 6) is 0.0613. The molecule has 1 aromatic rings. The lowest BCUT2D eigenvalue weighted by Crippen LogP contribution is -2.28. The summed E-state index contributed by atoms with van der Waals surface area (Å²) in [5.41, 5.74) is 4.72. The molecule has 2 heterocycles. The Labute approximate surface area is 113 Å². The molecule has 11 heteroatoms. The molecule has 3 atom stereocenters. The van der Waals surface area contributed by atoms with Crippen molar-refractivity contribution < 1.29 is 28.7 Å². The van der Waals surface area contributed by atoms with E-state index in [1.165, 1.54) is 12.3 Å².